The van der Waals surface area contributed by atoms with E-state index in [-0.39, 0.29) is 17.6 Å². The molecule has 1 saturated heterocycles. The van der Waals surface area contributed by atoms with Crippen LogP contribution in [0.2, 0.25) is 0 Å². The molecule has 0 radical (unpaired) electrons. The first kappa shape index (κ1) is 24.0. The molecule has 4 rings (SSSR count). The van der Waals surface area contributed by atoms with Crippen molar-refractivity contribution in [1.29, 1.82) is 0 Å². The molecule has 1 aliphatic heterocycles. The maximum absolute atomic E-state index is 13.6. The van der Waals surface area contributed by atoms with E-state index in [0.717, 1.165) is 57.8 Å². The fourth-order valence-electron chi connectivity index (χ4n) is 5.42. The van der Waals surface area contributed by atoms with Crippen molar-refractivity contribution in [3.63, 3.8) is 0 Å². The third-order valence-corrected chi connectivity index (χ3v) is 7.70. The number of esters is 1. The first-order valence-electron chi connectivity index (χ1n) is 12.7. The Morgan fingerprint density at radius 2 is 1.52 bits per heavy atom. The van der Waals surface area contributed by atoms with Gasteiger partial charge in [0.25, 0.3) is 0 Å². The van der Waals surface area contributed by atoms with Gasteiger partial charge in [-0.3, -0.25) is 14.6 Å². The molecule has 0 unspecified atom stereocenters. The zero-order chi connectivity index (χ0) is 23.3. The fraction of sp³-hybridized carbons (Fsp3) is 0.552. The number of piperazine rings is 1. The number of rotatable bonds is 7. The van der Waals surface area contributed by atoms with Crippen LogP contribution < -0.4 is 0 Å². The molecule has 178 valence electrons. The van der Waals surface area contributed by atoms with Crippen molar-refractivity contribution in [3.05, 3.63) is 71.8 Å². The third kappa shape index (κ3) is 6.45. The lowest BCUT2D eigenvalue weighted by Crippen LogP contribution is -2.57. The summed E-state index contributed by atoms with van der Waals surface area (Å²) in [5.74, 6) is 1.41. The van der Waals surface area contributed by atoms with E-state index in [1.165, 1.54) is 11.1 Å². The minimum Gasteiger partial charge on any atom is -0.458 e. The van der Waals surface area contributed by atoms with E-state index < -0.39 is 0 Å². The molecule has 0 N–H and O–H groups in total. The Balaban J connectivity index is 1.45. The molecule has 0 bridgehead atoms. The molecule has 0 spiro atoms. The largest absolute Gasteiger partial charge is 0.458 e. The van der Waals surface area contributed by atoms with Crippen molar-refractivity contribution in [2.75, 3.05) is 19.6 Å². The summed E-state index contributed by atoms with van der Waals surface area (Å²) in [6.45, 7) is 11.0. The quantitative estimate of drug-likeness (QED) is 0.522. The van der Waals surface area contributed by atoms with Crippen molar-refractivity contribution in [3.8, 4) is 0 Å². The molecule has 2 aromatic rings. The van der Waals surface area contributed by atoms with Crippen LogP contribution in [0.15, 0.2) is 60.7 Å². The number of hydrogen-bond acceptors (Lipinski definition) is 4. The number of nitrogens with zero attached hydrogens (tertiary/aromatic N) is 2. The van der Waals surface area contributed by atoms with Gasteiger partial charge in [0.2, 0.25) is 0 Å². The predicted molar refractivity (Wildman–Crippen MR) is 134 cm³/mol. The van der Waals surface area contributed by atoms with Crippen LogP contribution in [0, 0.1) is 11.8 Å². The van der Waals surface area contributed by atoms with Crippen LogP contribution in [0.4, 0.5) is 0 Å². The molecule has 33 heavy (non-hydrogen) atoms. The summed E-state index contributed by atoms with van der Waals surface area (Å²) < 4.78 is 6.31. The van der Waals surface area contributed by atoms with Gasteiger partial charge in [-0.15, -0.1) is 0 Å². The standard InChI is InChI=1S/C29H40N2O2/c1-23(2)26-14-16-29(3,17-15-26)33-28(32)27-22-30(20-24-10-6-4-7-11-24)18-19-31(27)21-25-12-8-5-9-13-25/h4-13,23,26-27H,14-22H2,1-3H3/t26?,27-,29?/m1/s1. The number of carbonyl (C=O) groups excluding carboxylic acids is 1. The molecule has 0 aromatic heterocycles. The summed E-state index contributed by atoms with van der Waals surface area (Å²) in [6.07, 6.45) is 4.25. The predicted octanol–water partition coefficient (Wildman–Crippen LogP) is 5.52. The van der Waals surface area contributed by atoms with Gasteiger partial charge in [0.1, 0.15) is 11.6 Å². The maximum Gasteiger partial charge on any atom is 0.325 e. The van der Waals surface area contributed by atoms with E-state index in [1.807, 2.05) is 6.07 Å². The van der Waals surface area contributed by atoms with Gasteiger partial charge in [-0.25, -0.2) is 0 Å². The Morgan fingerprint density at radius 3 is 2.09 bits per heavy atom. The zero-order valence-electron chi connectivity index (χ0n) is 20.6. The molecule has 1 saturated carbocycles. The van der Waals surface area contributed by atoms with E-state index in [0.29, 0.717) is 12.5 Å². The topological polar surface area (TPSA) is 32.8 Å². The number of carbonyl (C=O) groups is 1. The monoisotopic (exact) mass is 448 g/mol. The highest BCUT2D eigenvalue weighted by Gasteiger charge is 2.40. The molecule has 4 heteroatoms. The van der Waals surface area contributed by atoms with Crippen LogP contribution >= 0.6 is 0 Å². The summed E-state index contributed by atoms with van der Waals surface area (Å²) in [7, 11) is 0. The summed E-state index contributed by atoms with van der Waals surface area (Å²) in [5, 5.41) is 0. The Hall–Kier alpha value is -2.17. The Kier molecular flexibility index (Phi) is 7.87. The summed E-state index contributed by atoms with van der Waals surface area (Å²) in [6, 6.07) is 20.8. The molecule has 1 heterocycles. The van der Waals surface area contributed by atoms with E-state index in [1.54, 1.807) is 0 Å². The first-order valence-corrected chi connectivity index (χ1v) is 12.7. The van der Waals surface area contributed by atoms with Gasteiger partial charge in [0.15, 0.2) is 0 Å². The molecule has 2 aliphatic rings. The smallest absolute Gasteiger partial charge is 0.325 e. The summed E-state index contributed by atoms with van der Waals surface area (Å²) >= 11 is 0. The molecular formula is C29H40N2O2. The van der Waals surface area contributed by atoms with Crippen LogP contribution in [-0.4, -0.2) is 47.0 Å². The molecule has 2 aromatic carbocycles. The highest BCUT2D eigenvalue weighted by Crippen LogP contribution is 2.38. The molecule has 1 atom stereocenters. The maximum atomic E-state index is 13.6. The van der Waals surface area contributed by atoms with E-state index in [2.05, 4.69) is 85.2 Å². The lowest BCUT2D eigenvalue weighted by atomic mass is 9.75. The van der Waals surface area contributed by atoms with Gasteiger partial charge < -0.3 is 4.74 Å². The average Bonchev–Trinajstić information content (AvgIpc) is 2.81. The van der Waals surface area contributed by atoms with Crippen molar-refractivity contribution in [2.45, 2.75) is 71.2 Å². The van der Waals surface area contributed by atoms with Gasteiger partial charge in [0, 0.05) is 32.7 Å². The molecular weight excluding hydrogens is 408 g/mol. The Bertz CT molecular complexity index is 875. The number of benzene rings is 2. The number of ether oxygens (including phenoxy) is 1. The molecule has 0 amide bonds. The van der Waals surface area contributed by atoms with Gasteiger partial charge in [-0.1, -0.05) is 74.5 Å². The molecule has 4 nitrogen and oxygen atoms in total. The van der Waals surface area contributed by atoms with Crippen molar-refractivity contribution in [2.24, 2.45) is 11.8 Å². The van der Waals surface area contributed by atoms with Gasteiger partial charge in [-0.05, 0) is 55.6 Å². The van der Waals surface area contributed by atoms with Crippen LogP contribution in [0.5, 0.6) is 0 Å². The highest BCUT2D eigenvalue weighted by atomic mass is 16.6. The third-order valence-electron chi connectivity index (χ3n) is 7.70. The average molecular weight is 449 g/mol. The Morgan fingerprint density at radius 1 is 0.939 bits per heavy atom. The van der Waals surface area contributed by atoms with Crippen LogP contribution in [-0.2, 0) is 22.6 Å². The van der Waals surface area contributed by atoms with Crippen LogP contribution in [0.25, 0.3) is 0 Å². The minimum absolute atomic E-state index is 0.0470. The lowest BCUT2D eigenvalue weighted by molar-refractivity contribution is -0.172. The fourth-order valence-corrected chi connectivity index (χ4v) is 5.42. The second-order valence-electron chi connectivity index (χ2n) is 10.6. The second-order valence-corrected chi connectivity index (χ2v) is 10.6. The van der Waals surface area contributed by atoms with Crippen molar-refractivity contribution in [1.82, 2.24) is 9.80 Å². The zero-order valence-corrected chi connectivity index (χ0v) is 20.6. The van der Waals surface area contributed by atoms with Crippen LogP contribution in [0.3, 0.4) is 0 Å². The van der Waals surface area contributed by atoms with Gasteiger partial charge in [-0.2, -0.15) is 0 Å². The first-order chi connectivity index (χ1) is 15.9. The summed E-state index contributed by atoms with van der Waals surface area (Å²) in [4.78, 5) is 18.3. The molecule has 2 fully saturated rings. The lowest BCUT2D eigenvalue weighted by Gasteiger charge is -2.43. The van der Waals surface area contributed by atoms with Crippen LogP contribution in [0.1, 0.15) is 57.6 Å². The molecule has 1 aliphatic carbocycles. The van der Waals surface area contributed by atoms with Gasteiger partial charge >= 0.3 is 5.97 Å². The number of hydrogen-bond donors (Lipinski definition) is 0. The van der Waals surface area contributed by atoms with Gasteiger partial charge in [0.05, 0.1) is 0 Å². The second kappa shape index (κ2) is 10.8. The van der Waals surface area contributed by atoms with E-state index in [4.69, 9.17) is 4.74 Å². The van der Waals surface area contributed by atoms with E-state index >= 15 is 0 Å². The van der Waals surface area contributed by atoms with Crippen molar-refractivity contribution >= 4 is 5.97 Å². The van der Waals surface area contributed by atoms with Crippen molar-refractivity contribution < 1.29 is 9.53 Å². The SMILES string of the molecule is CC(C)C1CCC(C)(OC(=O)[C@H]2CN(Cc3ccccc3)CCN2Cc2ccccc2)CC1. The normalized spacial score (nSPS) is 26.9. The Labute approximate surface area is 199 Å². The highest BCUT2D eigenvalue weighted by molar-refractivity contribution is 5.76. The minimum atomic E-state index is -0.331. The summed E-state index contributed by atoms with van der Waals surface area (Å²) in [5.41, 5.74) is 2.21. The van der Waals surface area contributed by atoms with E-state index in [9.17, 15) is 4.79 Å².